The van der Waals surface area contributed by atoms with Gasteiger partial charge in [0.2, 0.25) is 0 Å². The highest BCUT2D eigenvalue weighted by atomic mass is 35.5. The molecule has 0 spiro atoms. The number of rotatable bonds is 4. The third kappa shape index (κ3) is 3.78. The van der Waals surface area contributed by atoms with E-state index >= 15 is 0 Å². The lowest BCUT2D eigenvalue weighted by Gasteiger charge is -2.14. The molecule has 2 rings (SSSR count). The third-order valence-electron chi connectivity index (χ3n) is 2.72. The Kier molecular flexibility index (Phi) is 5.13. The average Bonchev–Trinajstić information content (AvgIpc) is 2.39. The highest BCUT2D eigenvalue weighted by Gasteiger charge is 2.08. The molecule has 0 amide bonds. The molecular formula is C14H15Cl2N3S. The first-order valence-corrected chi connectivity index (χ1v) is 7.79. The molecule has 1 heterocycles. The largest absolute Gasteiger partial charge is 0.362 e. The first-order valence-electron chi connectivity index (χ1n) is 6.05. The van der Waals surface area contributed by atoms with Crippen LogP contribution in [-0.2, 0) is 5.75 Å². The number of aromatic nitrogens is 2. The molecule has 0 saturated carbocycles. The van der Waals surface area contributed by atoms with Gasteiger partial charge in [-0.2, -0.15) is 0 Å². The van der Waals surface area contributed by atoms with Gasteiger partial charge in [0.05, 0.1) is 0 Å². The molecule has 0 radical (unpaired) electrons. The maximum atomic E-state index is 6.16. The van der Waals surface area contributed by atoms with Crippen molar-refractivity contribution in [2.24, 2.45) is 0 Å². The first-order chi connectivity index (χ1) is 9.47. The molecule has 1 aromatic heterocycles. The SMILES string of the molecule is Cc1cnc(SCc2ccc(Cl)cc2Cl)nc1N(C)C. The average molecular weight is 328 g/mol. The van der Waals surface area contributed by atoms with Crippen LogP contribution in [0.1, 0.15) is 11.1 Å². The van der Waals surface area contributed by atoms with Crippen molar-refractivity contribution in [3.8, 4) is 0 Å². The van der Waals surface area contributed by atoms with Gasteiger partial charge >= 0.3 is 0 Å². The zero-order valence-electron chi connectivity index (χ0n) is 11.5. The van der Waals surface area contributed by atoms with Crippen molar-refractivity contribution >= 4 is 40.8 Å². The fourth-order valence-corrected chi connectivity index (χ4v) is 3.09. The van der Waals surface area contributed by atoms with Gasteiger partial charge in [0.15, 0.2) is 5.16 Å². The van der Waals surface area contributed by atoms with Crippen molar-refractivity contribution in [3.63, 3.8) is 0 Å². The Hall–Kier alpha value is -0.970. The monoisotopic (exact) mass is 327 g/mol. The summed E-state index contributed by atoms with van der Waals surface area (Å²) in [6.07, 6.45) is 1.84. The molecule has 0 bridgehead atoms. The number of aryl methyl sites for hydroxylation is 1. The van der Waals surface area contributed by atoms with E-state index < -0.39 is 0 Å². The zero-order chi connectivity index (χ0) is 14.7. The summed E-state index contributed by atoms with van der Waals surface area (Å²) in [6, 6.07) is 5.52. The lowest BCUT2D eigenvalue weighted by molar-refractivity contribution is 0.911. The molecule has 0 unspecified atom stereocenters. The summed E-state index contributed by atoms with van der Waals surface area (Å²) in [6.45, 7) is 2.00. The molecule has 0 fully saturated rings. The topological polar surface area (TPSA) is 29.0 Å². The first kappa shape index (κ1) is 15.4. The number of hydrogen-bond donors (Lipinski definition) is 0. The molecule has 0 atom stereocenters. The normalized spacial score (nSPS) is 10.7. The lowest BCUT2D eigenvalue weighted by Crippen LogP contribution is -2.13. The molecule has 2 aromatic rings. The van der Waals surface area contributed by atoms with Gasteiger partial charge in [-0.05, 0) is 24.6 Å². The smallest absolute Gasteiger partial charge is 0.189 e. The van der Waals surface area contributed by atoms with E-state index in [0.717, 1.165) is 22.1 Å². The predicted octanol–water partition coefficient (Wildman–Crippen LogP) is 4.45. The molecule has 0 aliphatic rings. The van der Waals surface area contributed by atoms with Crippen LogP contribution in [0.3, 0.4) is 0 Å². The summed E-state index contributed by atoms with van der Waals surface area (Å²) in [7, 11) is 3.94. The molecule has 3 nitrogen and oxygen atoms in total. The van der Waals surface area contributed by atoms with Crippen LogP contribution in [0.5, 0.6) is 0 Å². The molecule has 0 aliphatic heterocycles. The number of halogens is 2. The van der Waals surface area contributed by atoms with E-state index in [-0.39, 0.29) is 0 Å². The highest BCUT2D eigenvalue weighted by molar-refractivity contribution is 7.98. The van der Waals surface area contributed by atoms with Crippen molar-refractivity contribution < 1.29 is 0 Å². The van der Waals surface area contributed by atoms with Crippen molar-refractivity contribution in [1.82, 2.24) is 9.97 Å². The Morgan fingerprint density at radius 1 is 1.25 bits per heavy atom. The van der Waals surface area contributed by atoms with Crippen molar-refractivity contribution in [2.45, 2.75) is 17.8 Å². The summed E-state index contributed by atoms with van der Waals surface area (Å²) < 4.78 is 0. The van der Waals surface area contributed by atoms with Gasteiger partial charge in [-0.1, -0.05) is 41.0 Å². The highest BCUT2D eigenvalue weighted by Crippen LogP contribution is 2.28. The van der Waals surface area contributed by atoms with E-state index in [4.69, 9.17) is 23.2 Å². The van der Waals surface area contributed by atoms with Crippen molar-refractivity contribution in [1.29, 1.82) is 0 Å². The fourth-order valence-electron chi connectivity index (χ4n) is 1.72. The Labute approximate surface area is 133 Å². The minimum absolute atomic E-state index is 0.644. The van der Waals surface area contributed by atoms with Gasteiger partial charge in [0.25, 0.3) is 0 Å². The number of hydrogen-bond acceptors (Lipinski definition) is 4. The lowest BCUT2D eigenvalue weighted by atomic mass is 10.2. The number of nitrogens with zero attached hydrogens (tertiary/aromatic N) is 3. The van der Waals surface area contributed by atoms with E-state index in [1.54, 1.807) is 17.8 Å². The Morgan fingerprint density at radius 3 is 2.65 bits per heavy atom. The van der Waals surface area contributed by atoms with Gasteiger partial charge in [0.1, 0.15) is 5.82 Å². The van der Waals surface area contributed by atoms with E-state index in [2.05, 4.69) is 9.97 Å². The number of anilines is 1. The fraction of sp³-hybridized carbons (Fsp3) is 0.286. The van der Waals surface area contributed by atoms with Crippen LogP contribution < -0.4 is 4.90 Å². The second kappa shape index (κ2) is 6.66. The maximum absolute atomic E-state index is 6.16. The van der Waals surface area contributed by atoms with Crippen LogP contribution in [0.15, 0.2) is 29.6 Å². The quantitative estimate of drug-likeness (QED) is 0.612. The zero-order valence-corrected chi connectivity index (χ0v) is 13.9. The van der Waals surface area contributed by atoms with Gasteiger partial charge in [-0.25, -0.2) is 9.97 Å². The summed E-state index contributed by atoms with van der Waals surface area (Å²) in [5.74, 6) is 1.65. The summed E-state index contributed by atoms with van der Waals surface area (Å²) in [5, 5.41) is 2.06. The maximum Gasteiger partial charge on any atom is 0.189 e. The Balaban J connectivity index is 2.13. The van der Waals surface area contributed by atoms with Gasteiger partial charge < -0.3 is 4.90 Å². The predicted molar refractivity (Wildman–Crippen MR) is 87.1 cm³/mol. The van der Waals surface area contributed by atoms with Crippen LogP contribution in [-0.4, -0.2) is 24.1 Å². The molecule has 6 heteroatoms. The number of benzene rings is 1. The van der Waals surface area contributed by atoms with Crippen LogP contribution in [0, 0.1) is 6.92 Å². The number of thioether (sulfide) groups is 1. The minimum Gasteiger partial charge on any atom is -0.362 e. The Bertz CT molecular complexity index is 617. The van der Waals surface area contributed by atoms with Crippen molar-refractivity contribution in [3.05, 3.63) is 45.6 Å². The second-order valence-corrected chi connectivity index (χ2v) is 6.36. The Morgan fingerprint density at radius 2 is 2.00 bits per heavy atom. The van der Waals surface area contributed by atoms with E-state index in [0.29, 0.717) is 15.8 Å². The van der Waals surface area contributed by atoms with E-state index in [1.807, 2.05) is 44.2 Å². The molecule has 0 saturated heterocycles. The molecule has 106 valence electrons. The summed E-state index contributed by atoms with van der Waals surface area (Å²) in [5.41, 5.74) is 2.08. The third-order valence-corrected chi connectivity index (χ3v) is 4.22. The second-order valence-electron chi connectivity index (χ2n) is 4.58. The van der Waals surface area contributed by atoms with Gasteiger partial charge in [0, 0.05) is 41.7 Å². The summed E-state index contributed by atoms with van der Waals surface area (Å²) >= 11 is 13.6. The van der Waals surface area contributed by atoms with E-state index in [1.165, 1.54) is 0 Å². The van der Waals surface area contributed by atoms with Crippen LogP contribution in [0.2, 0.25) is 10.0 Å². The standard InChI is InChI=1S/C14H15Cl2N3S/c1-9-7-17-14(18-13(9)19(2)3)20-8-10-4-5-11(15)6-12(10)16/h4-7H,8H2,1-3H3. The molecule has 1 aromatic carbocycles. The molecule has 0 N–H and O–H groups in total. The van der Waals surface area contributed by atoms with E-state index in [9.17, 15) is 0 Å². The van der Waals surface area contributed by atoms with Crippen LogP contribution in [0.4, 0.5) is 5.82 Å². The summed E-state index contributed by atoms with van der Waals surface area (Å²) in [4.78, 5) is 10.9. The van der Waals surface area contributed by atoms with Gasteiger partial charge in [-0.15, -0.1) is 0 Å². The van der Waals surface area contributed by atoms with Gasteiger partial charge in [-0.3, -0.25) is 0 Å². The molecule has 20 heavy (non-hydrogen) atoms. The molecular weight excluding hydrogens is 313 g/mol. The van der Waals surface area contributed by atoms with Crippen LogP contribution >= 0.6 is 35.0 Å². The van der Waals surface area contributed by atoms with Crippen LogP contribution in [0.25, 0.3) is 0 Å². The minimum atomic E-state index is 0.644. The molecule has 0 aliphatic carbocycles. The van der Waals surface area contributed by atoms with Crippen molar-refractivity contribution in [2.75, 3.05) is 19.0 Å².